The third kappa shape index (κ3) is 3.01. The summed E-state index contributed by atoms with van der Waals surface area (Å²) in [7, 11) is 0. The minimum Gasteiger partial charge on any atom is -0.485 e. The van der Waals surface area contributed by atoms with Gasteiger partial charge in [0, 0.05) is 12.3 Å². The van der Waals surface area contributed by atoms with Crippen molar-refractivity contribution in [3.63, 3.8) is 0 Å². The smallest absolute Gasteiger partial charge is 0.258 e. The quantitative estimate of drug-likeness (QED) is 0.660. The number of nitrogens with zero attached hydrogens (tertiary/aromatic N) is 2. The fourth-order valence-electron chi connectivity index (χ4n) is 1.94. The molecule has 0 bridgehead atoms. The monoisotopic (exact) mass is 408 g/mol. The van der Waals surface area contributed by atoms with Gasteiger partial charge in [0.15, 0.2) is 0 Å². The van der Waals surface area contributed by atoms with Crippen molar-refractivity contribution in [2.45, 2.75) is 6.61 Å². The maximum Gasteiger partial charge on any atom is 0.258 e. The molecule has 0 amide bonds. The Hall–Kier alpha value is -1.66. The van der Waals surface area contributed by atoms with Crippen LogP contribution in [0, 0.1) is 0 Å². The summed E-state index contributed by atoms with van der Waals surface area (Å²) in [6.45, 7) is 0.224. The number of aromatic nitrogens is 2. The Labute approximate surface area is 137 Å². The van der Waals surface area contributed by atoms with Crippen molar-refractivity contribution in [3.8, 4) is 5.75 Å². The number of hydrogen-bond acceptors (Lipinski definition) is 3. The van der Waals surface area contributed by atoms with Crippen molar-refractivity contribution in [2.75, 3.05) is 0 Å². The SMILES string of the molecule is O=c1cc(COc2c(Br)cccc2Br)nc2ccccn12. The van der Waals surface area contributed by atoms with E-state index in [2.05, 4.69) is 36.8 Å². The summed E-state index contributed by atoms with van der Waals surface area (Å²) in [5.74, 6) is 0.688. The molecule has 2 aromatic heterocycles. The van der Waals surface area contributed by atoms with E-state index in [0.29, 0.717) is 17.1 Å². The van der Waals surface area contributed by atoms with Gasteiger partial charge < -0.3 is 4.74 Å². The van der Waals surface area contributed by atoms with E-state index < -0.39 is 0 Å². The van der Waals surface area contributed by atoms with E-state index in [1.165, 1.54) is 10.5 Å². The molecule has 0 saturated heterocycles. The van der Waals surface area contributed by atoms with E-state index in [0.717, 1.165) is 8.95 Å². The second-order valence-corrected chi connectivity index (χ2v) is 6.06. The summed E-state index contributed by atoms with van der Waals surface area (Å²) in [6.07, 6.45) is 1.69. The Balaban J connectivity index is 1.91. The lowest BCUT2D eigenvalue weighted by Gasteiger charge is -2.10. The summed E-state index contributed by atoms with van der Waals surface area (Å²) >= 11 is 6.87. The first-order valence-corrected chi connectivity index (χ1v) is 7.78. The zero-order valence-electron chi connectivity index (χ0n) is 10.8. The second kappa shape index (κ2) is 5.99. The first-order chi connectivity index (χ1) is 10.1. The summed E-state index contributed by atoms with van der Waals surface area (Å²) < 4.78 is 8.94. The van der Waals surface area contributed by atoms with E-state index >= 15 is 0 Å². The molecule has 0 atom stereocenters. The Morgan fingerprint density at radius 1 is 1.10 bits per heavy atom. The third-order valence-corrected chi connectivity index (χ3v) is 4.16. The predicted molar refractivity (Wildman–Crippen MR) is 87.6 cm³/mol. The Kier molecular flexibility index (Phi) is 4.07. The first kappa shape index (κ1) is 14.3. The number of ether oxygens (including phenoxy) is 1. The number of rotatable bonds is 3. The highest BCUT2D eigenvalue weighted by Crippen LogP contribution is 2.33. The van der Waals surface area contributed by atoms with Gasteiger partial charge in [0.2, 0.25) is 0 Å². The molecule has 0 aliphatic rings. The van der Waals surface area contributed by atoms with Crippen LogP contribution in [0.4, 0.5) is 0 Å². The standard InChI is InChI=1S/C15H10Br2N2O2/c16-11-4-3-5-12(17)15(11)21-9-10-8-14(20)19-7-2-1-6-13(19)18-10/h1-8H,9H2. The number of halogens is 2. The van der Waals surface area contributed by atoms with Gasteiger partial charge in [-0.05, 0) is 56.1 Å². The van der Waals surface area contributed by atoms with Crippen LogP contribution in [0.25, 0.3) is 5.65 Å². The van der Waals surface area contributed by atoms with Crippen molar-refractivity contribution in [1.82, 2.24) is 9.38 Å². The Morgan fingerprint density at radius 3 is 2.62 bits per heavy atom. The van der Waals surface area contributed by atoms with Crippen LogP contribution in [-0.4, -0.2) is 9.38 Å². The molecule has 1 aromatic carbocycles. The van der Waals surface area contributed by atoms with Crippen molar-refractivity contribution >= 4 is 37.5 Å². The molecule has 0 saturated carbocycles. The van der Waals surface area contributed by atoms with Crippen molar-refractivity contribution < 1.29 is 4.74 Å². The van der Waals surface area contributed by atoms with Crippen LogP contribution < -0.4 is 10.3 Å². The molecule has 6 heteroatoms. The van der Waals surface area contributed by atoms with Gasteiger partial charge in [0.1, 0.15) is 18.0 Å². The van der Waals surface area contributed by atoms with Crippen LogP contribution in [0.1, 0.15) is 5.69 Å². The predicted octanol–water partition coefficient (Wildman–Crippen LogP) is 3.80. The van der Waals surface area contributed by atoms with Crippen molar-refractivity contribution in [3.05, 3.63) is 73.7 Å². The molecule has 0 radical (unpaired) electrons. The number of benzene rings is 1. The highest BCUT2D eigenvalue weighted by molar-refractivity contribution is 9.11. The third-order valence-electron chi connectivity index (χ3n) is 2.91. The molecular weight excluding hydrogens is 400 g/mol. The van der Waals surface area contributed by atoms with Gasteiger partial charge in [-0.25, -0.2) is 4.98 Å². The van der Waals surface area contributed by atoms with E-state index in [1.807, 2.05) is 24.3 Å². The number of para-hydroxylation sites is 1. The zero-order chi connectivity index (χ0) is 14.8. The minimum absolute atomic E-state index is 0.120. The molecule has 0 unspecified atom stereocenters. The van der Waals surface area contributed by atoms with Gasteiger partial charge in [-0.1, -0.05) is 12.1 Å². The fraction of sp³-hybridized carbons (Fsp3) is 0.0667. The molecule has 4 nitrogen and oxygen atoms in total. The van der Waals surface area contributed by atoms with Crippen molar-refractivity contribution in [1.29, 1.82) is 0 Å². The molecule has 0 aliphatic carbocycles. The van der Waals surface area contributed by atoms with E-state index in [-0.39, 0.29) is 12.2 Å². The van der Waals surface area contributed by atoms with Crippen LogP contribution in [0.3, 0.4) is 0 Å². The lowest BCUT2D eigenvalue weighted by molar-refractivity contribution is 0.297. The Morgan fingerprint density at radius 2 is 1.86 bits per heavy atom. The van der Waals surface area contributed by atoms with Gasteiger partial charge >= 0.3 is 0 Å². The molecule has 2 heterocycles. The molecular formula is C15H10Br2N2O2. The molecule has 21 heavy (non-hydrogen) atoms. The molecule has 0 aliphatic heterocycles. The average Bonchev–Trinajstić information content (AvgIpc) is 2.47. The maximum absolute atomic E-state index is 12.0. The van der Waals surface area contributed by atoms with Crippen LogP contribution in [0.2, 0.25) is 0 Å². The number of fused-ring (bicyclic) bond motifs is 1. The van der Waals surface area contributed by atoms with E-state index in [1.54, 1.807) is 18.3 Å². The van der Waals surface area contributed by atoms with E-state index in [9.17, 15) is 4.79 Å². The summed E-state index contributed by atoms with van der Waals surface area (Å²) in [5.41, 5.74) is 1.08. The lowest BCUT2D eigenvalue weighted by atomic mass is 10.3. The molecule has 3 rings (SSSR count). The van der Waals surface area contributed by atoms with Gasteiger partial charge in [-0.2, -0.15) is 0 Å². The average molecular weight is 410 g/mol. The van der Waals surface area contributed by atoms with Crippen LogP contribution in [-0.2, 0) is 6.61 Å². The van der Waals surface area contributed by atoms with Crippen LogP contribution in [0.5, 0.6) is 5.75 Å². The largest absolute Gasteiger partial charge is 0.485 e. The Bertz CT molecular complexity index is 841. The first-order valence-electron chi connectivity index (χ1n) is 6.19. The fourth-order valence-corrected chi connectivity index (χ4v) is 3.17. The minimum atomic E-state index is -0.120. The van der Waals surface area contributed by atoms with Gasteiger partial charge in [-0.15, -0.1) is 0 Å². The highest BCUT2D eigenvalue weighted by Gasteiger charge is 2.08. The van der Waals surface area contributed by atoms with Gasteiger partial charge in [-0.3, -0.25) is 9.20 Å². The van der Waals surface area contributed by atoms with Gasteiger partial charge in [0.05, 0.1) is 14.6 Å². The normalized spacial score (nSPS) is 10.8. The van der Waals surface area contributed by atoms with E-state index in [4.69, 9.17) is 4.74 Å². The summed E-state index contributed by atoms with van der Waals surface area (Å²) in [6, 6.07) is 12.6. The zero-order valence-corrected chi connectivity index (χ0v) is 14.0. The lowest BCUT2D eigenvalue weighted by Crippen LogP contribution is -2.16. The second-order valence-electron chi connectivity index (χ2n) is 4.35. The molecule has 106 valence electrons. The summed E-state index contributed by atoms with van der Waals surface area (Å²) in [4.78, 5) is 16.4. The van der Waals surface area contributed by atoms with Crippen LogP contribution >= 0.6 is 31.9 Å². The van der Waals surface area contributed by atoms with Crippen molar-refractivity contribution in [2.24, 2.45) is 0 Å². The number of hydrogen-bond donors (Lipinski definition) is 0. The topological polar surface area (TPSA) is 43.6 Å². The van der Waals surface area contributed by atoms with Crippen LogP contribution in [0.15, 0.2) is 62.4 Å². The molecule has 0 fully saturated rings. The highest BCUT2D eigenvalue weighted by atomic mass is 79.9. The molecule has 3 aromatic rings. The maximum atomic E-state index is 12.0. The number of pyridine rings is 1. The van der Waals surface area contributed by atoms with Gasteiger partial charge in [0.25, 0.3) is 5.56 Å². The summed E-state index contributed by atoms with van der Waals surface area (Å²) in [5, 5.41) is 0. The molecule has 0 N–H and O–H groups in total. The molecule has 0 spiro atoms.